The number of aliphatic hydroxyl groups is 1. The molecule has 4 aliphatic carbocycles. The molecule has 3 saturated carbocycles. The first kappa shape index (κ1) is 14.2. The smallest absolute Gasteiger partial charge is 0.219 e. The van der Waals surface area contributed by atoms with Crippen molar-refractivity contribution >= 4 is 11.6 Å². The normalized spacial score (nSPS) is 47.3. The Hall–Kier alpha value is -1.38. The molecule has 0 aliphatic heterocycles. The minimum Gasteiger partial charge on any atom is -0.504 e. The van der Waals surface area contributed by atoms with E-state index in [9.17, 15) is 14.7 Å². The number of hydrogen-bond acceptors (Lipinski definition) is 3. The lowest BCUT2D eigenvalue weighted by Gasteiger charge is -2.55. The number of aliphatic hydroxyl groups excluding tert-OH is 1. The first-order chi connectivity index (χ1) is 10.3. The van der Waals surface area contributed by atoms with E-state index in [1.165, 1.54) is 5.57 Å². The van der Waals surface area contributed by atoms with Crippen LogP contribution in [-0.2, 0) is 9.59 Å². The Labute approximate surface area is 131 Å². The number of fused-ring (bicyclic) bond motifs is 5. The summed E-state index contributed by atoms with van der Waals surface area (Å²) in [6.07, 6.45) is 9.16. The molecule has 3 fully saturated rings. The predicted molar refractivity (Wildman–Crippen MR) is 83.2 cm³/mol. The van der Waals surface area contributed by atoms with E-state index in [1.807, 2.05) is 0 Å². The van der Waals surface area contributed by atoms with E-state index < -0.39 is 0 Å². The number of carbonyl (C=O) groups is 2. The largest absolute Gasteiger partial charge is 0.504 e. The van der Waals surface area contributed by atoms with Gasteiger partial charge in [0.05, 0.1) is 0 Å². The lowest BCUT2D eigenvalue weighted by atomic mass is 9.48. The third kappa shape index (κ3) is 1.74. The highest BCUT2D eigenvalue weighted by Crippen LogP contribution is 2.63. The van der Waals surface area contributed by atoms with Crippen LogP contribution in [0.15, 0.2) is 23.5 Å². The molecule has 0 bridgehead atoms. The SMILES string of the molecule is C[C@]12CC[C@H]3[C@H](CCC4=CC(=O)C(O)=C[C@@]43C)[C@H]1CC(=O)C2. The maximum absolute atomic E-state index is 12.0. The molecule has 22 heavy (non-hydrogen) atoms. The average Bonchev–Trinajstić information content (AvgIpc) is 2.75. The van der Waals surface area contributed by atoms with Crippen molar-refractivity contribution in [2.24, 2.45) is 28.6 Å². The van der Waals surface area contributed by atoms with Crippen LogP contribution in [0, 0.1) is 28.6 Å². The Morgan fingerprint density at radius 3 is 2.73 bits per heavy atom. The second-order valence-corrected chi connectivity index (χ2v) is 8.37. The van der Waals surface area contributed by atoms with Crippen LogP contribution in [-0.4, -0.2) is 16.7 Å². The molecule has 1 N–H and O–H groups in total. The highest BCUT2D eigenvalue weighted by Gasteiger charge is 2.57. The molecule has 0 aromatic heterocycles. The standard InChI is InChI=1S/C19H24O3/c1-18-6-5-14-13(15(18)8-12(20)9-18)4-3-11-7-16(21)17(22)10-19(11,14)2/h7,10,13-15,22H,3-6,8-9H2,1-2H3/t13-,14-,15+,18+,19-/m0/s1. The minimum atomic E-state index is -0.248. The van der Waals surface area contributed by atoms with Crippen molar-refractivity contribution in [2.75, 3.05) is 0 Å². The number of Topliss-reactive ketones (excluding diaryl/α,β-unsaturated/α-hetero) is 1. The highest BCUT2D eigenvalue weighted by molar-refractivity contribution is 6.04. The molecule has 0 spiro atoms. The van der Waals surface area contributed by atoms with Crippen LogP contribution in [0.3, 0.4) is 0 Å². The summed E-state index contributed by atoms with van der Waals surface area (Å²) in [5.41, 5.74) is 1.17. The molecule has 5 atom stereocenters. The van der Waals surface area contributed by atoms with Crippen LogP contribution in [0.2, 0.25) is 0 Å². The third-order valence-electron chi connectivity index (χ3n) is 7.21. The molecular weight excluding hydrogens is 276 g/mol. The molecule has 0 saturated heterocycles. The first-order valence-corrected chi connectivity index (χ1v) is 8.52. The number of allylic oxidation sites excluding steroid dienone is 3. The van der Waals surface area contributed by atoms with Crippen molar-refractivity contribution in [2.45, 2.75) is 52.4 Å². The lowest BCUT2D eigenvalue weighted by molar-refractivity contribution is -0.118. The van der Waals surface area contributed by atoms with Crippen LogP contribution < -0.4 is 0 Å². The van der Waals surface area contributed by atoms with Gasteiger partial charge in [0.15, 0.2) is 5.76 Å². The quantitative estimate of drug-likeness (QED) is 0.741. The summed E-state index contributed by atoms with van der Waals surface area (Å²) in [6, 6.07) is 0. The van der Waals surface area contributed by atoms with Gasteiger partial charge in [-0.05, 0) is 61.0 Å². The maximum atomic E-state index is 12.0. The molecule has 0 radical (unpaired) electrons. The van der Waals surface area contributed by atoms with Gasteiger partial charge in [-0.2, -0.15) is 0 Å². The Bertz CT molecular complexity index is 629. The molecule has 118 valence electrons. The van der Waals surface area contributed by atoms with Gasteiger partial charge in [0.25, 0.3) is 0 Å². The molecule has 0 aromatic carbocycles. The topological polar surface area (TPSA) is 54.4 Å². The number of ketones is 2. The summed E-state index contributed by atoms with van der Waals surface area (Å²) in [6.45, 7) is 4.47. The van der Waals surface area contributed by atoms with E-state index in [4.69, 9.17) is 0 Å². The zero-order valence-electron chi connectivity index (χ0n) is 13.4. The minimum absolute atomic E-state index is 0.0947. The molecule has 0 heterocycles. The van der Waals surface area contributed by atoms with E-state index in [2.05, 4.69) is 13.8 Å². The number of hydrogen-bond donors (Lipinski definition) is 1. The molecule has 3 nitrogen and oxygen atoms in total. The second kappa shape index (κ2) is 4.33. The lowest BCUT2D eigenvalue weighted by Crippen LogP contribution is -2.48. The summed E-state index contributed by atoms with van der Waals surface area (Å²) in [4.78, 5) is 23.8. The monoisotopic (exact) mass is 300 g/mol. The van der Waals surface area contributed by atoms with Crippen molar-refractivity contribution in [1.82, 2.24) is 0 Å². The molecule has 4 aliphatic rings. The van der Waals surface area contributed by atoms with E-state index in [1.54, 1.807) is 12.2 Å². The van der Waals surface area contributed by atoms with Gasteiger partial charge in [-0.3, -0.25) is 9.59 Å². The van der Waals surface area contributed by atoms with E-state index in [0.717, 1.165) is 38.5 Å². The summed E-state index contributed by atoms with van der Waals surface area (Å²) >= 11 is 0. The van der Waals surface area contributed by atoms with E-state index in [0.29, 0.717) is 23.5 Å². The second-order valence-electron chi connectivity index (χ2n) is 8.37. The molecule has 0 unspecified atom stereocenters. The van der Waals surface area contributed by atoms with Gasteiger partial charge in [-0.15, -0.1) is 0 Å². The average molecular weight is 300 g/mol. The third-order valence-corrected chi connectivity index (χ3v) is 7.21. The van der Waals surface area contributed by atoms with Crippen LogP contribution in [0.1, 0.15) is 52.4 Å². The molecular formula is C19H24O3. The van der Waals surface area contributed by atoms with Gasteiger partial charge in [-0.1, -0.05) is 19.4 Å². The Kier molecular flexibility index (Phi) is 2.80. The van der Waals surface area contributed by atoms with Gasteiger partial charge < -0.3 is 5.11 Å². The summed E-state index contributed by atoms with van der Waals surface area (Å²) in [5, 5.41) is 9.97. The molecule has 0 amide bonds. The number of carbonyl (C=O) groups excluding carboxylic acids is 2. The van der Waals surface area contributed by atoms with E-state index in [-0.39, 0.29) is 22.4 Å². The zero-order chi connectivity index (χ0) is 15.7. The van der Waals surface area contributed by atoms with Crippen molar-refractivity contribution in [3.05, 3.63) is 23.5 Å². The van der Waals surface area contributed by atoms with Gasteiger partial charge in [0, 0.05) is 18.3 Å². The summed E-state index contributed by atoms with van der Waals surface area (Å²) in [5.74, 6) is 1.57. The molecule has 0 aromatic rings. The Morgan fingerprint density at radius 2 is 1.95 bits per heavy atom. The van der Waals surface area contributed by atoms with Gasteiger partial charge in [0.1, 0.15) is 5.78 Å². The van der Waals surface area contributed by atoms with Crippen LogP contribution in [0.5, 0.6) is 0 Å². The molecule has 3 heteroatoms. The fourth-order valence-corrected chi connectivity index (χ4v) is 6.06. The fraction of sp³-hybridized carbons (Fsp3) is 0.684. The van der Waals surface area contributed by atoms with E-state index >= 15 is 0 Å². The van der Waals surface area contributed by atoms with Crippen molar-refractivity contribution in [3.8, 4) is 0 Å². The Balaban J connectivity index is 1.73. The zero-order valence-corrected chi connectivity index (χ0v) is 13.4. The van der Waals surface area contributed by atoms with Gasteiger partial charge in [-0.25, -0.2) is 0 Å². The van der Waals surface area contributed by atoms with Crippen molar-refractivity contribution in [3.63, 3.8) is 0 Å². The number of rotatable bonds is 0. The fourth-order valence-electron chi connectivity index (χ4n) is 6.06. The molecule has 4 rings (SSSR count). The Morgan fingerprint density at radius 1 is 1.18 bits per heavy atom. The first-order valence-electron chi connectivity index (χ1n) is 8.52. The summed E-state index contributed by atoms with van der Waals surface area (Å²) in [7, 11) is 0. The highest BCUT2D eigenvalue weighted by atomic mass is 16.3. The van der Waals surface area contributed by atoms with Crippen LogP contribution in [0.25, 0.3) is 0 Å². The van der Waals surface area contributed by atoms with Crippen LogP contribution in [0.4, 0.5) is 0 Å². The van der Waals surface area contributed by atoms with Crippen molar-refractivity contribution < 1.29 is 14.7 Å². The van der Waals surface area contributed by atoms with Gasteiger partial charge >= 0.3 is 0 Å². The van der Waals surface area contributed by atoms with Crippen molar-refractivity contribution in [1.29, 1.82) is 0 Å². The van der Waals surface area contributed by atoms with Gasteiger partial charge in [0.2, 0.25) is 5.78 Å². The predicted octanol–water partition coefficient (Wildman–Crippen LogP) is 3.75. The summed E-state index contributed by atoms with van der Waals surface area (Å²) < 4.78 is 0. The van der Waals surface area contributed by atoms with Crippen LogP contribution >= 0.6 is 0 Å². The maximum Gasteiger partial charge on any atom is 0.219 e.